The maximum atomic E-state index is 4.62. The summed E-state index contributed by atoms with van der Waals surface area (Å²) < 4.78 is 0. The predicted molar refractivity (Wildman–Crippen MR) is 79.2 cm³/mol. The summed E-state index contributed by atoms with van der Waals surface area (Å²) in [6.07, 6.45) is 0. The number of nitrogens with zero attached hydrogens (tertiary/aromatic N) is 2. The molecule has 1 aliphatic heterocycles. The van der Waals surface area contributed by atoms with E-state index < -0.39 is 0 Å². The molecule has 0 amide bonds. The van der Waals surface area contributed by atoms with Crippen molar-refractivity contribution in [2.24, 2.45) is 0 Å². The zero-order chi connectivity index (χ0) is 13.2. The predicted octanol–water partition coefficient (Wildman–Crippen LogP) is 2.34. The van der Waals surface area contributed by atoms with Gasteiger partial charge in [0.05, 0.1) is 5.52 Å². The number of pyridine rings is 1. The fourth-order valence-electron chi connectivity index (χ4n) is 2.78. The largest absolute Gasteiger partial charge is 0.314 e. The molecule has 0 saturated carbocycles. The molecule has 2 aromatic rings. The Labute approximate surface area is 114 Å². The van der Waals surface area contributed by atoms with Crippen LogP contribution in [0.4, 0.5) is 0 Å². The zero-order valence-electron chi connectivity index (χ0n) is 11.7. The van der Waals surface area contributed by atoms with E-state index in [9.17, 15) is 0 Å². The van der Waals surface area contributed by atoms with Crippen LogP contribution >= 0.6 is 0 Å². The highest BCUT2D eigenvalue weighted by atomic mass is 15.2. The Morgan fingerprint density at radius 2 is 2.11 bits per heavy atom. The van der Waals surface area contributed by atoms with Gasteiger partial charge in [0.25, 0.3) is 0 Å². The van der Waals surface area contributed by atoms with E-state index in [1.807, 2.05) is 0 Å². The summed E-state index contributed by atoms with van der Waals surface area (Å²) in [5.74, 6) is 0. The monoisotopic (exact) mass is 255 g/mol. The van der Waals surface area contributed by atoms with Crippen molar-refractivity contribution in [1.29, 1.82) is 0 Å². The summed E-state index contributed by atoms with van der Waals surface area (Å²) >= 11 is 0. The standard InChI is InChI=1S/C16H21N3/c1-3-19(14-9-17-10-14)11-13-8-12(2)18-16-7-5-4-6-15(13)16/h4-8,14,17H,3,9-11H2,1-2H3. The van der Waals surface area contributed by atoms with Gasteiger partial charge in [-0.3, -0.25) is 9.88 Å². The second kappa shape index (κ2) is 5.27. The summed E-state index contributed by atoms with van der Waals surface area (Å²) in [5.41, 5.74) is 3.62. The van der Waals surface area contributed by atoms with Gasteiger partial charge in [-0.05, 0) is 31.2 Å². The quantitative estimate of drug-likeness (QED) is 0.909. The fourth-order valence-corrected chi connectivity index (χ4v) is 2.78. The maximum absolute atomic E-state index is 4.62. The number of likely N-dealkylation sites (N-methyl/N-ethyl adjacent to an activating group) is 1. The van der Waals surface area contributed by atoms with Crippen LogP contribution in [0.5, 0.6) is 0 Å². The van der Waals surface area contributed by atoms with Gasteiger partial charge in [-0.25, -0.2) is 0 Å². The Bertz CT molecular complexity index is 575. The second-order valence-electron chi connectivity index (χ2n) is 5.32. The Morgan fingerprint density at radius 1 is 1.32 bits per heavy atom. The third-order valence-corrected chi connectivity index (χ3v) is 3.99. The molecule has 0 aliphatic carbocycles. The number of hydrogen-bond acceptors (Lipinski definition) is 3. The molecule has 2 heterocycles. The maximum Gasteiger partial charge on any atom is 0.0708 e. The van der Waals surface area contributed by atoms with Gasteiger partial charge in [0.2, 0.25) is 0 Å². The van der Waals surface area contributed by atoms with Gasteiger partial charge in [-0.2, -0.15) is 0 Å². The smallest absolute Gasteiger partial charge is 0.0708 e. The molecule has 0 radical (unpaired) electrons. The number of aromatic nitrogens is 1. The van der Waals surface area contributed by atoms with Crippen LogP contribution in [0, 0.1) is 6.92 Å². The lowest BCUT2D eigenvalue weighted by Crippen LogP contribution is -2.56. The molecular weight excluding hydrogens is 234 g/mol. The van der Waals surface area contributed by atoms with Crippen LogP contribution in [0.3, 0.4) is 0 Å². The van der Waals surface area contributed by atoms with Gasteiger partial charge < -0.3 is 5.32 Å². The lowest BCUT2D eigenvalue weighted by Gasteiger charge is -2.37. The highest BCUT2D eigenvalue weighted by Gasteiger charge is 2.23. The third-order valence-electron chi connectivity index (χ3n) is 3.99. The van der Waals surface area contributed by atoms with Crippen LogP contribution in [-0.2, 0) is 6.54 Å². The molecule has 3 rings (SSSR count). The van der Waals surface area contributed by atoms with Crippen LogP contribution in [0.25, 0.3) is 10.9 Å². The molecule has 1 aromatic carbocycles. The third kappa shape index (κ3) is 2.48. The molecule has 1 aliphatic rings. The number of fused-ring (bicyclic) bond motifs is 1. The molecule has 3 heteroatoms. The van der Waals surface area contributed by atoms with Crippen molar-refractivity contribution in [3.63, 3.8) is 0 Å². The molecular formula is C16H21N3. The van der Waals surface area contributed by atoms with Crippen LogP contribution in [-0.4, -0.2) is 35.6 Å². The summed E-state index contributed by atoms with van der Waals surface area (Å²) in [6.45, 7) is 8.69. The van der Waals surface area contributed by atoms with E-state index in [1.54, 1.807) is 0 Å². The van der Waals surface area contributed by atoms with E-state index in [0.717, 1.165) is 37.4 Å². The molecule has 0 spiro atoms. The molecule has 0 unspecified atom stereocenters. The van der Waals surface area contributed by atoms with Crippen LogP contribution in [0.1, 0.15) is 18.2 Å². The van der Waals surface area contributed by atoms with Crippen molar-refractivity contribution in [2.75, 3.05) is 19.6 Å². The first-order valence-corrected chi connectivity index (χ1v) is 7.08. The SMILES string of the molecule is CCN(Cc1cc(C)nc2ccccc12)C1CNC1. The second-order valence-corrected chi connectivity index (χ2v) is 5.32. The van der Waals surface area contributed by atoms with Crippen molar-refractivity contribution in [2.45, 2.75) is 26.4 Å². The first-order valence-electron chi connectivity index (χ1n) is 7.08. The van der Waals surface area contributed by atoms with E-state index in [-0.39, 0.29) is 0 Å². The molecule has 100 valence electrons. The number of para-hydroxylation sites is 1. The first-order chi connectivity index (χ1) is 9.28. The summed E-state index contributed by atoms with van der Waals surface area (Å²) in [4.78, 5) is 7.17. The minimum absolute atomic E-state index is 0.692. The Morgan fingerprint density at radius 3 is 2.79 bits per heavy atom. The number of aryl methyl sites for hydroxylation is 1. The lowest BCUT2D eigenvalue weighted by molar-refractivity contribution is 0.146. The lowest BCUT2D eigenvalue weighted by atomic mass is 10.0. The van der Waals surface area contributed by atoms with Crippen LogP contribution in [0.15, 0.2) is 30.3 Å². The zero-order valence-corrected chi connectivity index (χ0v) is 11.7. The van der Waals surface area contributed by atoms with E-state index in [4.69, 9.17) is 0 Å². The van der Waals surface area contributed by atoms with Crippen molar-refractivity contribution < 1.29 is 0 Å². The molecule has 1 aromatic heterocycles. The molecule has 3 nitrogen and oxygen atoms in total. The summed E-state index contributed by atoms with van der Waals surface area (Å²) in [7, 11) is 0. The number of hydrogen-bond donors (Lipinski definition) is 1. The van der Waals surface area contributed by atoms with Gasteiger partial charge in [0.1, 0.15) is 0 Å². The molecule has 1 fully saturated rings. The van der Waals surface area contributed by atoms with Gasteiger partial charge in [0, 0.05) is 36.8 Å². The highest BCUT2D eigenvalue weighted by molar-refractivity contribution is 5.82. The van der Waals surface area contributed by atoms with Gasteiger partial charge in [-0.1, -0.05) is 25.1 Å². The number of benzene rings is 1. The van der Waals surface area contributed by atoms with Crippen LogP contribution < -0.4 is 5.32 Å². The molecule has 1 N–H and O–H groups in total. The summed E-state index contributed by atoms with van der Waals surface area (Å²) in [6, 6.07) is 11.4. The van der Waals surface area contributed by atoms with Crippen molar-refractivity contribution in [1.82, 2.24) is 15.2 Å². The van der Waals surface area contributed by atoms with E-state index >= 15 is 0 Å². The average Bonchev–Trinajstić information content (AvgIpc) is 2.35. The van der Waals surface area contributed by atoms with Crippen molar-refractivity contribution in [3.8, 4) is 0 Å². The van der Waals surface area contributed by atoms with Gasteiger partial charge in [0.15, 0.2) is 0 Å². The van der Waals surface area contributed by atoms with E-state index in [2.05, 4.69) is 59.4 Å². The fraction of sp³-hybridized carbons (Fsp3) is 0.438. The van der Waals surface area contributed by atoms with Crippen LogP contribution in [0.2, 0.25) is 0 Å². The molecule has 19 heavy (non-hydrogen) atoms. The number of rotatable bonds is 4. The topological polar surface area (TPSA) is 28.2 Å². The minimum Gasteiger partial charge on any atom is -0.314 e. The van der Waals surface area contributed by atoms with Crippen molar-refractivity contribution in [3.05, 3.63) is 41.6 Å². The normalized spacial score (nSPS) is 15.9. The minimum atomic E-state index is 0.692. The van der Waals surface area contributed by atoms with E-state index in [0.29, 0.717) is 6.04 Å². The molecule has 0 bridgehead atoms. The Hall–Kier alpha value is -1.45. The van der Waals surface area contributed by atoms with Gasteiger partial charge in [-0.15, -0.1) is 0 Å². The Kier molecular flexibility index (Phi) is 3.49. The molecule has 1 saturated heterocycles. The van der Waals surface area contributed by atoms with E-state index in [1.165, 1.54) is 10.9 Å². The van der Waals surface area contributed by atoms with Gasteiger partial charge >= 0.3 is 0 Å². The number of nitrogens with one attached hydrogen (secondary N) is 1. The van der Waals surface area contributed by atoms with Crippen molar-refractivity contribution >= 4 is 10.9 Å². The highest BCUT2D eigenvalue weighted by Crippen LogP contribution is 2.21. The molecule has 0 atom stereocenters. The Balaban J connectivity index is 1.94. The average molecular weight is 255 g/mol. The summed E-state index contributed by atoms with van der Waals surface area (Å²) in [5, 5.41) is 4.65. The first kappa shape index (κ1) is 12.6.